The lowest BCUT2D eigenvalue weighted by Gasteiger charge is -2.11. The normalized spacial score (nSPS) is 11.2. The van der Waals surface area contributed by atoms with E-state index in [9.17, 15) is 9.18 Å². The number of aromatic nitrogens is 2. The maximum Gasteiger partial charge on any atom is 0.252 e. The summed E-state index contributed by atoms with van der Waals surface area (Å²) >= 11 is 0. The van der Waals surface area contributed by atoms with Gasteiger partial charge in [-0.3, -0.25) is 4.79 Å². The second-order valence-electron chi connectivity index (χ2n) is 7.64. The van der Waals surface area contributed by atoms with E-state index in [1.165, 1.54) is 6.07 Å². The van der Waals surface area contributed by atoms with E-state index >= 15 is 0 Å². The van der Waals surface area contributed by atoms with Crippen LogP contribution in [0.15, 0.2) is 79.0 Å². The maximum absolute atomic E-state index is 14.6. The molecular formula is C26H21FN4O. The van der Waals surface area contributed by atoms with E-state index in [4.69, 9.17) is 10.7 Å². The van der Waals surface area contributed by atoms with E-state index < -0.39 is 0 Å². The first-order chi connectivity index (χ1) is 15.6. The Morgan fingerprint density at radius 2 is 1.78 bits per heavy atom. The molecule has 1 amide bonds. The molecule has 0 atom stereocenters. The fourth-order valence-electron chi connectivity index (χ4n) is 3.91. The Morgan fingerprint density at radius 1 is 1.00 bits per heavy atom. The van der Waals surface area contributed by atoms with Crippen molar-refractivity contribution in [2.75, 3.05) is 0 Å². The number of hydrogen-bond acceptors (Lipinski definition) is 3. The first-order valence-corrected chi connectivity index (χ1v) is 10.4. The molecule has 158 valence electrons. The quantitative estimate of drug-likeness (QED) is 0.375. The van der Waals surface area contributed by atoms with Gasteiger partial charge in [-0.15, -0.1) is 0 Å². The molecular weight excluding hydrogens is 403 g/mol. The molecule has 4 N–H and O–H groups in total. The number of nitrogens with zero attached hydrogens (tertiary/aromatic N) is 1. The predicted octanol–water partition coefficient (Wildman–Crippen LogP) is 4.91. The van der Waals surface area contributed by atoms with E-state index in [0.29, 0.717) is 46.3 Å². The third-order valence-electron chi connectivity index (χ3n) is 5.60. The minimum atomic E-state index is -0.333. The number of H-pyrrole nitrogens is 1. The molecule has 2 aromatic heterocycles. The van der Waals surface area contributed by atoms with Gasteiger partial charge < -0.3 is 16.0 Å². The fraction of sp³-hybridized carbons (Fsp3) is 0.0769. The number of hydrogen-bond donors (Lipinski definition) is 3. The summed E-state index contributed by atoms with van der Waals surface area (Å²) in [5, 5.41) is 4.19. The average Bonchev–Trinajstić information content (AvgIpc) is 3.28. The summed E-state index contributed by atoms with van der Waals surface area (Å²) in [6, 6.07) is 21.9. The monoisotopic (exact) mass is 424 g/mol. The third-order valence-corrected chi connectivity index (χ3v) is 5.60. The summed E-state index contributed by atoms with van der Waals surface area (Å²) in [4.78, 5) is 21.0. The van der Waals surface area contributed by atoms with Crippen LogP contribution in [0.1, 0.15) is 21.5 Å². The molecule has 0 saturated carbocycles. The van der Waals surface area contributed by atoms with Crippen molar-refractivity contribution < 1.29 is 9.18 Å². The van der Waals surface area contributed by atoms with E-state index in [1.807, 2.05) is 54.6 Å². The number of carbonyl (C=O) groups excluding carboxylic acids is 1. The zero-order chi connectivity index (χ0) is 22.1. The molecule has 5 nitrogen and oxygen atoms in total. The summed E-state index contributed by atoms with van der Waals surface area (Å²) in [5.74, 6) is -0.547. The standard InChI is InChI=1S/C26H21FN4O/c27-21-5-3-7-23-25(21)20(15-29-23)24-12-19(18-4-1-2-6-22(18)31-24)26(32)30-14-17-10-8-16(13-28)9-11-17/h1-12,15,29H,13-14,28H2,(H,30,32). The minimum Gasteiger partial charge on any atom is -0.360 e. The molecule has 0 bridgehead atoms. The van der Waals surface area contributed by atoms with Gasteiger partial charge in [-0.05, 0) is 35.4 Å². The highest BCUT2D eigenvalue weighted by Crippen LogP contribution is 2.32. The number of amides is 1. The van der Waals surface area contributed by atoms with Gasteiger partial charge in [-0.1, -0.05) is 48.5 Å². The van der Waals surface area contributed by atoms with Crippen LogP contribution in [0.5, 0.6) is 0 Å². The van der Waals surface area contributed by atoms with Crippen LogP contribution in [-0.4, -0.2) is 15.9 Å². The van der Waals surface area contributed by atoms with Gasteiger partial charge in [0.1, 0.15) is 5.82 Å². The summed E-state index contributed by atoms with van der Waals surface area (Å²) in [7, 11) is 0. The molecule has 0 unspecified atom stereocenters. The number of para-hydroxylation sites is 1. The molecule has 0 aliphatic carbocycles. The van der Waals surface area contributed by atoms with E-state index in [0.717, 1.165) is 16.5 Å². The van der Waals surface area contributed by atoms with Crippen molar-refractivity contribution in [2.24, 2.45) is 5.73 Å². The summed E-state index contributed by atoms with van der Waals surface area (Å²) in [5.41, 5.74) is 10.7. The summed E-state index contributed by atoms with van der Waals surface area (Å²) < 4.78 is 14.6. The Hall–Kier alpha value is -4.03. The van der Waals surface area contributed by atoms with Crippen molar-refractivity contribution in [3.8, 4) is 11.3 Å². The molecule has 5 rings (SSSR count). The number of aromatic amines is 1. The highest BCUT2D eigenvalue weighted by Gasteiger charge is 2.17. The van der Waals surface area contributed by atoms with Gasteiger partial charge in [0.05, 0.1) is 16.8 Å². The van der Waals surface area contributed by atoms with Crippen LogP contribution in [0.4, 0.5) is 4.39 Å². The van der Waals surface area contributed by atoms with Crippen LogP contribution in [0.25, 0.3) is 33.1 Å². The van der Waals surface area contributed by atoms with E-state index in [2.05, 4.69) is 10.3 Å². The van der Waals surface area contributed by atoms with Crippen molar-refractivity contribution in [3.63, 3.8) is 0 Å². The van der Waals surface area contributed by atoms with E-state index in [1.54, 1.807) is 18.3 Å². The average molecular weight is 424 g/mol. The van der Waals surface area contributed by atoms with Crippen LogP contribution in [-0.2, 0) is 13.1 Å². The molecule has 0 saturated heterocycles. The van der Waals surface area contributed by atoms with Crippen LogP contribution < -0.4 is 11.1 Å². The Kier molecular flexibility index (Phi) is 5.13. The Morgan fingerprint density at radius 3 is 2.59 bits per heavy atom. The van der Waals surface area contributed by atoms with Crippen molar-refractivity contribution in [3.05, 3.63) is 102 Å². The highest BCUT2D eigenvalue weighted by atomic mass is 19.1. The largest absolute Gasteiger partial charge is 0.360 e. The number of fused-ring (bicyclic) bond motifs is 2. The minimum absolute atomic E-state index is 0.215. The molecule has 3 aromatic carbocycles. The van der Waals surface area contributed by atoms with Gasteiger partial charge in [0.15, 0.2) is 0 Å². The van der Waals surface area contributed by atoms with E-state index in [-0.39, 0.29) is 11.7 Å². The number of pyridine rings is 1. The zero-order valence-electron chi connectivity index (χ0n) is 17.2. The number of nitrogens with one attached hydrogen (secondary N) is 2. The summed E-state index contributed by atoms with van der Waals surface area (Å²) in [6.45, 7) is 0.865. The Labute approximate surface area is 184 Å². The Bertz CT molecular complexity index is 1440. The van der Waals surface area contributed by atoms with Crippen LogP contribution in [0, 0.1) is 5.82 Å². The van der Waals surface area contributed by atoms with Crippen molar-refractivity contribution in [2.45, 2.75) is 13.1 Å². The molecule has 0 radical (unpaired) electrons. The van der Waals surface area contributed by atoms with Gasteiger partial charge in [0.25, 0.3) is 5.91 Å². The zero-order valence-corrected chi connectivity index (χ0v) is 17.2. The molecule has 2 heterocycles. The highest BCUT2D eigenvalue weighted by molar-refractivity contribution is 6.08. The van der Waals surface area contributed by atoms with Gasteiger partial charge in [-0.2, -0.15) is 0 Å². The number of halogens is 1. The van der Waals surface area contributed by atoms with Gasteiger partial charge in [-0.25, -0.2) is 9.37 Å². The second-order valence-corrected chi connectivity index (χ2v) is 7.64. The van der Waals surface area contributed by atoms with Crippen LogP contribution >= 0.6 is 0 Å². The molecule has 0 spiro atoms. The number of benzene rings is 3. The number of rotatable bonds is 5. The second kappa shape index (κ2) is 8.24. The fourth-order valence-corrected chi connectivity index (χ4v) is 3.91. The predicted molar refractivity (Wildman–Crippen MR) is 124 cm³/mol. The first-order valence-electron chi connectivity index (χ1n) is 10.4. The lowest BCUT2D eigenvalue weighted by molar-refractivity contribution is 0.0952. The van der Waals surface area contributed by atoms with Crippen molar-refractivity contribution in [1.82, 2.24) is 15.3 Å². The number of nitrogens with two attached hydrogens (primary N) is 1. The first kappa shape index (κ1) is 19.9. The molecule has 6 heteroatoms. The van der Waals surface area contributed by atoms with Gasteiger partial charge in [0, 0.05) is 41.1 Å². The topological polar surface area (TPSA) is 83.8 Å². The lowest BCUT2D eigenvalue weighted by Crippen LogP contribution is -2.23. The van der Waals surface area contributed by atoms with Gasteiger partial charge in [0.2, 0.25) is 0 Å². The smallest absolute Gasteiger partial charge is 0.252 e. The maximum atomic E-state index is 14.6. The lowest BCUT2D eigenvalue weighted by atomic mass is 10.0. The van der Waals surface area contributed by atoms with Crippen LogP contribution in [0.3, 0.4) is 0 Å². The van der Waals surface area contributed by atoms with Crippen molar-refractivity contribution >= 4 is 27.7 Å². The molecule has 0 fully saturated rings. The summed E-state index contributed by atoms with van der Waals surface area (Å²) in [6.07, 6.45) is 1.73. The number of carbonyl (C=O) groups is 1. The molecule has 0 aliphatic heterocycles. The SMILES string of the molecule is NCc1ccc(CNC(=O)c2cc(-c3c[nH]c4cccc(F)c34)nc3ccccc23)cc1. The molecule has 0 aliphatic rings. The molecule has 32 heavy (non-hydrogen) atoms. The van der Waals surface area contributed by atoms with Gasteiger partial charge >= 0.3 is 0 Å². The third kappa shape index (κ3) is 3.61. The molecule has 5 aromatic rings. The Balaban J connectivity index is 1.54. The van der Waals surface area contributed by atoms with Crippen LogP contribution in [0.2, 0.25) is 0 Å². The van der Waals surface area contributed by atoms with Crippen molar-refractivity contribution in [1.29, 1.82) is 0 Å².